The Balaban J connectivity index is 2.01. The molecule has 88 valence electrons. The zero-order chi connectivity index (χ0) is 11.6. The van der Waals surface area contributed by atoms with Crippen molar-refractivity contribution in [2.75, 3.05) is 6.54 Å². The van der Waals surface area contributed by atoms with Crippen molar-refractivity contribution in [2.45, 2.75) is 31.5 Å². The maximum Gasteiger partial charge on any atom is 0.419 e. The van der Waals surface area contributed by atoms with E-state index in [1.807, 2.05) is 0 Å². The second-order valence-electron chi connectivity index (χ2n) is 3.88. The summed E-state index contributed by atoms with van der Waals surface area (Å²) in [7, 11) is 0. The van der Waals surface area contributed by atoms with E-state index in [0.717, 1.165) is 31.8 Å². The summed E-state index contributed by atoms with van der Waals surface area (Å²) >= 11 is 0. The van der Waals surface area contributed by atoms with Crippen LogP contribution in [0.25, 0.3) is 0 Å². The van der Waals surface area contributed by atoms with Gasteiger partial charge in [-0.15, -0.1) is 0 Å². The Kier molecular flexibility index (Phi) is 3.09. The number of nitrogens with one attached hydrogen (secondary N) is 1. The highest BCUT2D eigenvalue weighted by atomic mass is 19.4. The number of halogens is 3. The molecule has 6 heteroatoms. The number of aromatic nitrogens is 2. The molecule has 0 saturated carbocycles. The van der Waals surface area contributed by atoms with Crippen molar-refractivity contribution >= 4 is 0 Å². The van der Waals surface area contributed by atoms with Gasteiger partial charge in [0.05, 0.1) is 5.56 Å². The third-order valence-electron chi connectivity index (χ3n) is 2.62. The number of hydrogen-bond acceptors (Lipinski definition) is 3. The Hall–Kier alpha value is -1.17. The van der Waals surface area contributed by atoms with E-state index in [1.54, 1.807) is 0 Å². The van der Waals surface area contributed by atoms with Crippen molar-refractivity contribution in [1.82, 2.24) is 15.3 Å². The Morgan fingerprint density at radius 3 is 2.50 bits per heavy atom. The van der Waals surface area contributed by atoms with Crippen LogP contribution in [0.3, 0.4) is 0 Å². The van der Waals surface area contributed by atoms with Crippen LogP contribution in [0.5, 0.6) is 0 Å². The van der Waals surface area contributed by atoms with E-state index in [0.29, 0.717) is 18.3 Å². The molecular weight excluding hydrogens is 219 g/mol. The lowest BCUT2D eigenvalue weighted by Crippen LogP contribution is -2.24. The first kappa shape index (κ1) is 11.3. The second-order valence-corrected chi connectivity index (χ2v) is 3.88. The zero-order valence-corrected chi connectivity index (χ0v) is 8.59. The molecule has 1 N–H and O–H groups in total. The van der Waals surface area contributed by atoms with E-state index < -0.39 is 11.7 Å². The lowest BCUT2D eigenvalue weighted by molar-refractivity contribution is -0.138. The average molecular weight is 231 g/mol. The molecule has 1 aliphatic heterocycles. The minimum absolute atomic E-state index is 0.303. The molecule has 0 bridgehead atoms. The standard InChI is InChI=1S/C10H12F3N3/c11-10(12,13)7-5-15-9(16-6-7)4-8-2-1-3-14-8/h5-6,8,14H,1-4H2. The first-order valence-corrected chi connectivity index (χ1v) is 5.17. The quantitative estimate of drug-likeness (QED) is 0.843. The molecule has 1 fully saturated rings. The van der Waals surface area contributed by atoms with Gasteiger partial charge in [0.1, 0.15) is 5.82 Å². The van der Waals surface area contributed by atoms with E-state index in [-0.39, 0.29) is 0 Å². The van der Waals surface area contributed by atoms with Gasteiger partial charge >= 0.3 is 6.18 Å². The lowest BCUT2D eigenvalue weighted by atomic mass is 10.1. The normalized spacial score (nSPS) is 21.3. The van der Waals surface area contributed by atoms with Gasteiger partial charge in [-0.3, -0.25) is 0 Å². The smallest absolute Gasteiger partial charge is 0.314 e. The minimum Gasteiger partial charge on any atom is -0.314 e. The van der Waals surface area contributed by atoms with Crippen LogP contribution in [0.1, 0.15) is 24.2 Å². The van der Waals surface area contributed by atoms with Gasteiger partial charge in [0.25, 0.3) is 0 Å². The third kappa shape index (κ3) is 2.69. The molecule has 0 aliphatic carbocycles. The molecular formula is C10H12F3N3. The molecule has 1 unspecified atom stereocenters. The Morgan fingerprint density at radius 1 is 1.31 bits per heavy atom. The Morgan fingerprint density at radius 2 is 2.00 bits per heavy atom. The molecule has 2 heterocycles. The van der Waals surface area contributed by atoms with Gasteiger partial charge in [-0.25, -0.2) is 9.97 Å². The molecule has 1 aromatic heterocycles. The van der Waals surface area contributed by atoms with Crippen molar-refractivity contribution in [3.63, 3.8) is 0 Å². The fraction of sp³-hybridized carbons (Fsp3) is 0.600. The predicted octanol–water partition coefficient (Wildman–Crippen LogP) is 1.79. The Labute approximate surface area is 91.1 Å². The van der Waals surface area contributed by atoms with Crippen LogP contribution in [0.15, 0.2) is 12.4 Å². The summed E-state index contributed by atoms with van der Waals surface area (Å²) < 4.78 is 36.7. The maximum absolute atomic E-state index is 12.2. The predicted molar refractivity (Wildman–Crippen MR) is 51.8 cm³/mol. The summed E-state index contributed by atoms with van der Waals surface area (Å²) in [6.07, 6.45) is 0.0620. The zero-order valence-electron chi connectivity index (χ0n) is 8.59. The first-order valence-electron chi connectivity index (χ1n) is 5.17. The van der Waals surface area contributed by atoms with E-state index in [2.05, 4.69) is 15.3 Å². The number of nitrogens with zero attached hydrogens (tertiary/aromatic N) is 2. The topological polar surface area (TPSA) is 37.8 Å². The second kappa shape index (κ2) is 4.37. The van der Waals surface area contributed by atoms with E-state index >= 15 is 0 Å². The van der Waals surface area contributed by atoms with Gasteiger partial charge in [0, 0.05) is 24.9 Å². The molecule has 1 atom stereocenters. The largest absolute Gasteiger partial charge is 0.419 e. The van der Waals surface area contributed by atoms with Crippen LogP contribution >= 0.6 is 0 Å². The number of hydrogen-bond donors (Lipinski definition) is 1. The van der Waals surface area contributed by atoms with Crippen LogP contribution in [-0.4, -0.2) is 22.6 Å². The summed E-state index contributed by atoms with van der Waals surface area (Å²) in [6, 6.07) is 0.303. The summed E-state index contributed by atoms with van der Waals surface area (Å²) in [6.45, 7) is 0.964. The van der Waals surface area contributed by atoms with Crippen LogP contribution < -0.4 is 5.32 Å². The fourth-order valence-electron chi connectivity index (χ4n) is 1.76. The highest BCUT2D eigenvalue weighted by Gasteiger charge is 2.31. The summed E-state index contributed by atoms with van der Waals surface area (Å²) in [4.78, 5) is 7.48. The van der Waals surface area contributed by atoms with E-state index in [9.17, 15) is 13.2 Å². The van der Waals surface area contributed by atoms with E-state index in [4.69, 9.17) is 0 Å². The summed E-state index contributed by atoms with van der Waals surface area (Å²) in [5.41, 5.74) is -0.796. The fourth-order valence-corrected chi connectivity index (χ4v) is 1.76. The van der Waals surface area contributed by atoms with Crippen molar-refractivity contribution in [3.05, 3.63) is 23.8 Å². The summed E-state index contributed by atoms with van der Waals surface area (Å²) in [5.74, 6) is 0.465. The SMILES string of the molecule is FC(F)(F)c1cnc(CC2CCCN2)nc1. The highest BCUT2D eigenvalue weighted by Crippen LogP contribution is 2.27. The molecule has 1 saturated heterocycles. The average Bonchev–Trinajstić information content (AvgIpc) is 2.70. The van der Waals surface area contributed by atoms with Gasteiger partial charge in [-0.05, 0) is 19.4 Å². The van der Waals surface area contributed by atoms with Gasteiger partial charge in [0.15, 0.2) is 0 Å². The molecule has 0 amide bonds. The molecule has 1 aliphatic rings. The third-order valence-corrected chi connectivity index (χ3v) is 2.62. The summed E-state index contributed by atoms with van der Waals surface area (Å²) in [5, 5.41) is 3.25. The van der Waals surface area contributed by atoms with Crippen LogP contribution in [-0.2, 0) is 12.6 Å². The molecule has 0 aromatic carbocycles. The number of alkyl halides is 3. The number of rotatable bonds is 2. The highest BCUT2D eigenvalue weighted by molar-refractivity contribution is 5.09. The molecule has 16 heavy (non-hydrogen) atoms. The van der Waals surface area contributed by atoms with Gasteiger partial charge in [-0.1, -0.05) is 0 Å². The Bertz CT molecular complexity index is 341. The van der Waals surface area contributed by atoms with Gasteiger partial charge in [-0.2, -0.15) is 13.2 Å². The first-order chi connectivity index (χ1) is 7.55. The van der Waals surface area contributed by atoms with Crippen molar-refractivity contribution in [2.24, 2.45) is 0 Å². The maximum atomic E-state index is 12.2. The molecule has 2 rings (SSSR count). The van der Waals surface area contributed by atoms with Crippen molar-refractivity contribution in [1.29, 1.82) is 0 Å². The van der Waals surface area contributed by atoms with Crippen LogP contribution in [0, 0.1) is 0 Å². The monoisotopic (exact) mass is 231 g/mol. The minimum atomic E-state index is -4.36. The molecule has 3 nitrogen and oxygen atoms in total. The van der Waals surface area contributed by atoms with Crippen molar-refractivity contribution < 1.29 is 13.2 Å². The van der Waals surface area contributed by atoms with Crippen molar-refractivity contribution in [3.8, 4) is 0 Å². The van der Waals surface area contributed by atoms with Crippen LogP contribution in [0.2, 0.25) is 0 Å². The molecule has 1 aromatic rings. The van der Waals surface area contributed by atoms with Gasteiger partial charge in [0.2, 0.25) is 0 Å². The van der Waals surface area contributed by atoms with Gasteiger partial charge < -0.3 is 5.32 Å². The lowest BCUT2D eigenvalue weighted by Gasteiger charge is -2.09. The molecule has 0 radical (unpaired) electrons. The van der Waals surface area contributed by atoms with E-state index in [1.165, 1.54) is 0 Å². The van der Waals surface area contributed by atoms with Crippen LogP contribution in [0.4, 0.5) is 13.2 Å². The molecule has 0 spiro atoms.